The van der Waals surface area contributed by atoms with Crippen LogP contribution in [0.3, 0.4) is 0 Å². The first-order valence-corrected chi connectivity index (χ1v) is 6.29. The predicted octanol–water partition coefficient (Wildman–Crippen LogP) is 2.00. The van der Waals surface area contributed by atoms with Gasteiger partial charge < -0.3 is 10.5 Å². The Morgan fingerprint density at radius 2 is 2.10 bits per heavy atom. The third-order valence-corrected chi connectivity index (χ3v) is 2.70. The standard InChI is InChI=1S/C12H19F4N3O/c1-3-19-10(4-8(2)18-19)5-9(17)6-20-7-12(15,16)11(13)14/h4,9,11H,3,5-7,17H2,1-2H3. The molecule has 20 heavy (non-hydrogen) atoms. The van der Waals surface area contributed by atoms with Crippen molar-refractivity contribution in [3.8, 4) is 0 Å². The molecule has 0 aromatic carbocycles. The highest BCUT2D eigenvalue weighted by Crippen LogP contribution is 2.22. The van der Waals surface area contributed by atoms with Crippen molar-refractivity contribution in [2.24, 2.45) is 5.73 Å². The maximum Gasteiger partial charge on any atom is 0.330 e. The topological polar surface area (TPSA) is 53.1 Å². The Morgan fingerprint density at radius 1 is 1.45 bits per heavy atom. The monoisotopic (exact) mass is 297 g/mol. The molecule has 2 N–H and O–H groups in total. The summed E-state index contributed by atoms with van der Waals surface area (Å²) in [5.41, 5.74) is 7.44. The number of halogens is 4. The number of alkyl halides is 4. The van der Waals surface area contributed by atoms with Crippen LogP contribution in [0.15, 0.2) is 6.07 Å². The van der Waals surface area contributed by atoms with Crippen LogP contribution in [-0.4, -0.2) is 41.4 Å². The fraction of sp³-hybridized carbons (Fsp3) is 0.750. The molecule has 0 bridgehead atoms. The summed E-state index contributed by atoms with van der Waals surface area (Å²) in [7, 11) is 0. The van der Waals surface area contributed by atoms with Crippen LogP contribution < -0.4 is 5.73 Å². The molecule has 8 heteroatoms. The molecule has 0 aliphatic heterocycles. The highest BCUT2D eigenvalue weighted by molar-refractivity contribution is 5.10. The molecule has 0 aliphatic rings. The van der Waals surface area contributed by atoms with E-state index in [1.165, 1.54) is 0 Å². The number of hydrogen-bond donors (Lipinski definition) is 1. The van der Waals surface area contributed by atoms with Crippen LogP contribution in [0.4, 0.5) is 17.6 Å². The van der Waals surface area contributed by atoms with E-state index in [9.17, 15) is 17.6 Å². The van der Waals surface area contributed by atoms with Crippen LogP contribution in [0.5, 0.6) is 0 Å². The second kappa shape index (κ2) is 7.03. The van der Waals surface area contributed by atoms with Crippen LogP contribution in [0.2, 0.25) is 0 Å². The van der Waals surface area contributed by atoms with E-state index in [2.05, 4.69) is 9.84 Å². The molecule has 1 aromatic rings. The van der Waals surface area contributed by atoms with Gasteiger partial charge in [-0.1, -0.05) is 0 Å². The normalized spacial score (nSPS) is 14.0. The van der Waals surface area contributed by atoms with E-state index in [1.54, 1.807) is 4.68 Å². The summed E-state index contributed by atoms with van der Waals surface area (Å²) >= 11 is 0. The van der Waals surface area contributed by atoms with Gasteiger partial charge in [-0.3, -0.25) is 4.68 Å². The van der Waals surface area contributed by atoms with Gasteiger partial charge >= 0.3 is 12.3 Å². The van der Waals surface area contributed by atoms with Crippen molar-refractivity contribution in [1.29, 1.82) is 0 Å². The largest absolute Gasteiger partial charge is 0.373 e. The number of aromatic nitrogens is 2. The minimum atomic E-state index is -4.14. The number of ether oxygens (including phenoxy) is 1. The molecule has 1 unspecified atom stereocenters. The van der Waals surface area contributed by atoms with Gasteiger partial charge in [0, 0.05) is 24.7 Å². The molecule has 116 valence electrons. The SMILES string of the molecule is CCn1nc(C)cc1CC(N)COCC(F)(F)C(F)F. The van der Waals surface area contributed by atoms with E-state index >= 15 is 0 Å². The zero-order valence-electron chi connectivity index (χ0n) is 11.5. The summed E-state index contributed by atoms with van der Waals surface area (Å²) in [5.74, 6) is -4.14. The summed E-state index contributed by atoms with van der Waals surface area (Å²) < 4.78 is 55.4. The Morgan fingerprint density at radius 3 is 2.65 bits per heavy atom. The highest BCUT2D eigenvalue weighted by Gasteiger charge is 2.41. The predicted molar refractivity (Wildman–Crippen MR) is 66.1 cm³/mol. The summed E-state index contributed by atoms with van der Waals surface area (Å²) in [5, 5.41) is 4.23. The fourth-order valence-corrected chi connectivity index (χ4v) is 1.77. The Kier molecular flexibility index (Phi) is 5.94. The molecule has 0 spiro atoms. The van der Waals surface area contributed by atoms with E-state index in [0.29, 0.717) is 13.0 Å². The lowest BCUT2D eigenvalue weighted by molar-refractivity contribution is -0.166. The number of nitrogens with zero attached hydrogens (tertiary/aromatic N) is 2. The second-order valence-corrected chi connectivity index (χ2v) is 4.63. The van der Waals surface area contributed by atoms with Crippen LogP contribution in [0, 0.1) is 6.92 Å². The Hall–Kier alpha value is -1.15. The zero-order chi connectivity index (χ0) is 15.3. The Bertz CT molecular complexity index is 423. The second-order valence-electron chi connectivity index (χ2n) is 4.63. The van der Waals surface area contributed by atoms with Crippen molar-refractivity contribution >= 4 is 0 Å². The molecule has 0 fully saturated rings. The summed E-state index contributed by atoms with van der Waals surface area (Å²) in [6.07, 6.45) is -3.35. The van der Waals surface area contributed by atoms with Gasteiger partial charge in [0.1, 0.15) is 6.61 Å². The quantitative estimate of drug-likeness (QED) is 0.747. The van der Waals surface area contributed by atoms with Crippen molar-refractivity contribution in [3.05, 3.63) is 17.5 Å². The number of hydrogen-bond acceptors (Lipinski definition) is 3. The van der Waals surface area contributed by atoms with E-state index in [1.807, 2.05) is 19.9 Å². The molecule has 0 radical (unpaired) electrons. The van der Waals surface area contributed by atoms with Gasteiger partial charge in [-0.15, -0.1) is 0 Å². The van der Waals surface area contributed by atoms with Gasteiger partial charge in [-0.05, 0) is 19.9 Å². The molecule has 4 nitrogen and oxygen atoms in total. The summed E-state index contributed by atoms with van der Waals surface area (Å²) in [4.78, 5) is 0. The van der Waals surface area contributed by atoms with E-state index in [0.717, 1.165) is 11.4 Å². The van der Waals surface area contributed by atoms with Gasteiger partial charge in [0.05, 0.1) is 12.3 Å². The molecule has 0 aliphatic carbocycles. The van der Waals surface area contributed by atoms with Gasteiger partial charge in [0.2, 0.25) is 0 Å². The van der Waals surface area contributed by atoms with Crippen LogP contribution >= 0.6 is 0 Å². The summed E-state index contributed by atoms with van der Waals surface area (Å²) in [6.45, 7) is 2.88. The van der Waals surface area contributed by atoms with Crippen LogP contribution in [0.25, 0.3) is 0 Å². The Balaban J connectivity index is 2.42. The first-order valence-electron chi connectivity index (χ1n) is 6.29. The van der Waals surface area contributed by atoms with E-state index < -0.39 is 25.0 Å². The average molecular weight is 297 g/mol. The summed E-state index contributed by atoms with van der Waals surface area (Å²) in [6, 6.07) is 1.29. The molecule has 0 amide bonds. The number of aryl methyl sites for hydroxylation is 2. The third-order valence-electron chi connectivity index (χ3n) is 2.70. The number of nitrogens with two attached hydrogens (primary N) is 1. The van der Waals surface area contributed by atoms with Crippen molar-refractivity contribution < 1.29 is 22.3 Å². The molecular formula is C12H19F4N3O. The van der Waals surface area contributed by atoms with Gasteiger partial charge in [0.15, 0.2) is 0 Å². The van der Waals surface area contributed by atoms with E-state index in [-0.39, 0.29) is 6.61 Å². The molecule has 1 rings (SSSR count). The van der Waals surface area contributed by atoms with Crippen molar-refractivity contribution in [1.82, 2.24) is 9.78 Å². The highest BCUT2D eigenvalue weighted by atomic mass is 19.3. The first kappa shape index (κ1) is 16.9. The minimum Gasteiger partial charge on any atom is -0.373 e. The first-order chi connectivity index (χ1) is 9.26. The van der Waals surface area contributed by atoms with Crippen LogP contribution in [-0.2, 0) is 17.7 Å². The van der Waals surface area contributed by atoms with Crippen molar-refractivity contribution in [2.75, 3.05) is 13.2 Å². The lowest BCUT2D eigenvalue weighted by Gasteiger charge is -2.17. The molecule has 0 saturated carbocycles. The molecule has 0 saturated heterocycles. The maximum absolute atomic E-state index is 12.6. The van der Waals surface area contributed by atoms with Gasteiger partial charge in [-0.25, -0.2) is 8.78 Å². The molecule has 1 atom stereocenters. The van der Waals surface area contributed by atoms with Crippen molar-refractivity contribution in [3.63, 3.8) is 0 Å². The van der Waals surface area contributed by atoms with Gasteiger partial charge in [0.25, 0.3) is 0 Å². The number of rotatable bonds is 8. The van der Waals surface area contributed by atoms with Crippen LogP contribution in [0.1, 0.15) is 18.3 Å². The zero-order valence-corrected chi connectivity index (χ0v) is 11.5. The van der Waals surface area contributed by atoms with Gasteiger partial charge in [-0.2, -0.15) is 13.9 Å². The lowest BCUT2D eigenvalue weighted by Crippen LogP contribution is -2.36. The lowest BCUT2D eigenvalue weighted by atomic mass is 10.1. The maximum atomic E-state index is 12.6. The molecule has 1 heterocycles. The Labute approximate surface area is 114 Å². The third kappa shape index (κ3) is 4.75. The smallest absolute Gasteiger partial charge is 0.330 e. The van der Waals surface area contributed by atoms with Crippen molar-refractivity contribution in [2.45, 2.75) is 45.2 Å². The minimum absolute atomic E-state index is 0.212. The average Bonchev–Trinajstić information content (AvgIpc) is 2.68. The molecule has 1 aromatic heterocycles. The fourth-order valence-electron chi connectivity index (χ4n) is 1.77. The van der Waals surface area contributed by atoms with E-state index in [4.69, 9.17) is 5.73 Å². The molecular weight excluding hydrogens is 278 g/mol.